The summed E-state index contributed by atoms with van der Waals surface area (Å²) in [7, 11) is 2.02. The monoisotopic (exact) mass is 198 g/mol. The predicted molar refractivity (Wildman–Crippen MR) is 62.5 cm³/mol. The van der Waals surface area contributed by atoms with Gasteiger partial charge in [-0.2, -0.15) is 0 Å². The van der Waals surface area contributed by atoms with Crippen LogP contribution in [0.15, 0.2) is 0 Å². The minimum Gasteiger partial charge on any atom is -0.319 e. The zero-order valence-corrected chi connectivity index (χ0v) is 10.2. The molecule has 2 nitrogen and oxygen atoms in total. The Morgan fingerprint density at radius 2 is 2.07 bits per heavy atom. The van der Waals surface area contributed by atoms with E-state index in [9.17, 15) is 0 Å². The highest BCUT2D eigenvalue weighted by Gasteiger charge is 2.30. The molecular formula is C12H26N2. The molecule has 0 aromatic heterocycles. The Balaban J connectivity index is 2.14. The highest BCUT2D eigenvalue weighted by Crippen LogP contribution is 2.36. The zero-order chi connectivity index (χ0) is 10.6. The molecular weight excluding hydrogens is 172 g/mol. The third-order valence-electron chi connectivity index (χ3n) is 3.28. The lowest BCUT2D eigenvalue weighted by atomic mass is 9.92. The minimum atomic E-state index is 0.573. The van der Waals surface area contributed by atoms with Gasteiger partial charge in [-0.15, -0.1) is 0 Å². The molecule has 14 heavy (non-hydrogen) atoms. The molecule has 84 valence electrons. The van der Waals surface area contributed by atoms with Crippen LogP contribution < -0.4 is 10.6 Å². The van der Waals surface area contributed by atoms with E-state index in [0.29, 0.717) is 5.41 Å². The quantitative estimate of drug-likeness (QED) is 0.706. The van der Waals surface area contributed by atoms with Crippen molar-refractivity contribution in [2.45, 2.75) is 46.1 Å². The first-order chi connectivity index (χ1) is 6.53. The summed E-state index contributed by atoms with van der Waals surface area (Å²) >= 11 is 0. The lowest BCUT2D eigenvalue weighted by molar-refractivity contribution is 0.357. The fraction of sp³-hybridized carbons (Fsp3) is 1.00. The van der Waals surface area contributed by atoms with Crippen molar-refractivity contribution < 1.29 is 0 Å². The van der Waals surface area contributed by atoms with Crippen molar-refractivity contribution in [2.75, 3.05) is 20.1 Å². The van der Waals surface area contributed by atoms with E-state index in [4.69, 9.17) is 0 Å². The van der Waals surface area contributed by atoms with Crippen molar-refractivity contribution in [3.05, 3.63) is 0 Å². The molecule has 0 amide bonds. The Morgan fingerprint density at radius 3 is 2.57 bits per heavy atom. The van der Waals surface area contributed by atoms with E-state index in [1.807, 2.05) is 7.05 Å². The molecule has 1 saturated carbocycles. The van der Waals surface area contributed by atoms with Crippen LogP contribution in [-0.4, -0.2) is 26.2 Å². The van der Waals surface area contributed by atoms with Gasteiger partial charge in [-0.05, 0) is 50.7 Å². The third kappa shape index (κ3) is 3.97. The van der Waals surface area contributed by atoms with Crippen molar-refractivity contribution in [1.29, 1.82) is 0 Å². The van der Waals surface area contributed by atoms with Crippen LogP contribution in [0.5, 0.6) is 0 Å². The molecule has 2 heteroatoms. The number of rotatable bonds is 5. The predicted octanol–water partition coefficient (Wildman–Crippen LogP) is 2.01. The fourth-order valence-electron chi connectivity index (χ4n) is 2.40. The average Bonchev–Trinajstić information content (AvgIpc) is 2.43. The van der Waals surface area contributed by atoms with Crippen LogP contribution in [0.2, 0.25) is 0 Å². The van der Waals surface area contributed by atoms with E-state index in [2.05, 4.69) is 31.4 Å². The maximum atomic E-state index is 3.68. The standard InChI is InChI=1S/C12H26N2/c1-10(8-13-4)9-14-11-5-6-12(2,3)7-11/h10-11,13-14H,5-9H2,1-4H3. The van der Waals surface area contributed by atoms with Crippen molar-refractivity contribution in [3.8, 4) is 0 Å². The van der Waals surface area contributed by atoms with Crippen molar-refractivity contribution in [1.82, 2.24) is 10.6 Å². The van der Waals surface area contributed by atoms with E-state index in [0.717, 1.165) is 25.0 Å². The molecule has 1 rings (SSSR count). The van der Waals surface area contributed by atoms with Gasteiger partial charge >= 0.3 is 0 Å². The number of hydrogen-bond acceptors (Lipinski definition) is 2. The summed E-state index contributed by atoms with van der Waals surface area (Å²) in [5.41, 5.74) is 0.573. The lowest BCUT2D eigenvalue weighted by Crippen LogP contribution is -2.34. The van der Waals surface area contributed by atoms with Gasteiger partial charge in [0, 0.05) is 6.04 Å². The third-order valence-corrected chi connectivity index (χ3v) is 3.28. The summed E-state index contributed by atoms with van der Waals surface area (Å²) in [4.78, 5) is 0. The van der Waals surface area contributed by atoms with Gasteiger partial charge in [0.15, 0.2) is 0 Å². The molecule has 0 spiro atoms. The second kappa shape index (κ2) is 5.13. The van der Waals surface area contributed by atoms with Gasteiger partial charge in [0.2, 0.25) is 0 Å². The van der Waals surface area contributed by atoms with Gasteiger partial charge in [-0.1, -0.05) is 20.8 Å². The van der Waals surface area contributed by atoms with E-state index in [1.54, 1.807) is 0 Å². The van der Waals surface area contributed by atoms with Gasteiger partial charge in [-0.3, -0.25) is 0 Å². The number of nitrogens with one attached hydrogen (secondary N) is 2. The summed E-state index contributed by atoms with van der Waals surface area (Å²) in [5.74, 6) is 0.740. The van der Waals surface area contributed by atoms with Gasteiger partial charge < -0.3 is 10.6 Å². The highest BCUT2D eigenvalue weighted by molar-refractivity contribution is 4.86. The molecule has 2 N–H and O–H groups in total. The highest BCUT2D eigenvalue weighted by atomic mass is 14.9. The van der Waals surface area contributed by atoms with Gasteiger partial charge in [0.25, 0.3) is 0 Å². The van der Waals surface area contributed by atoms with Crippen LogP contribution in [0.3, 0.4) is 0 Å². The second-order valence-electron chi connectivity index (χ2n) is 5.68. The molecule has 0 bridgehead atoms. The molecule has 1 aliphatic carbocycles. The van der Waals surface area contributed by atoms with E-state index < -0.39 is 0 Å². The van der Waals surface area contributed by atoms with E-state index in [1.165, 1.54) is 19.3 Å². The topological polar surface area (TPSA) is 24.1 Å². The molecule has 0 heterocycles. The van der Waals surface area contributed by atoms with Gasteiger partial charge in [0.05, 0.1) is 0 Å². The van der Waals surface area contributed by atoms with Crippen LogP contribution in [0.4, 0.5) is 0 Å². The summed E-state index contributed by atoms with van der Waals surface area (Å²) in [5, 5.41) is 6.90. The summed E-state index contributed by atoms with van der Waals surface area (Å²) in [6.07, 6.45) is 4.09. The normalized spacial score (nSPS) is 27.9. The van der Waals surface area contributed by atoms with E-state index >= 15 is 0 Å². The molecule has 0 aliphatic heterocycles. The van der Waals surface area contributed by atoms with Crippen LogP contribution in [0.25, 0.3) is 0 Å². The molecule has 0 aromatic rings. The Bertz CT molecular complexity index is 166. The van der Waals surface area contributed by atoms with E-state index in [-0.39, 0.29) is 0 Å². The molecule has 0 aromatic carbocycles. The SMILES string of the molecule is CNCC(C)CNC1CCC(C)(C)C1. The zero-order valence-electron chi connectivity index (χ0n) is 10.2. The molecule has 0 saturated heterocycles. The molecule has 0 radical (unpaired) electrons. The Kier molecular flexibility index (Phi) is 4.39. The Labute approximate surface area is 88.8 Å². The average molecular weight is 198 g/mol. The first kappa shape index (κ1) is 12.0. The first-order valence-corrected chi connectivity index (χ1v) is 5.91. The van der Waals surface area contributed by atoms with Crippen LogP contribution in [0.1, 0.15) is 40.0 Å². The van der Waals surface area contributed by atoms with Crippen molar-refractivity contribution in [3.63, 3.8) is 0 Å². The summed E-state index contributed by atoms with van der Waals surface area (Å²) in [6, 6.07) is 0.768. The maximum Gasteiger partial charge on any atom is 0.00724 e. The summed E-state index contributed by atoms with van der Waals surface area (Å²) in [6.45, 7) is 9.33. The Morgan fingerprint density at radius 1 is 1.36 bits per heavy atom. The molecule has 1 aliphatic rings. The van der Waals surface area contributed by atoms with Crippen molar-refractivity contribution >= 4 is 0 Å². The lowest BCUT2D eigenvalue weighted by Gasteiger charge is -2.19. The number of hydrogen-bond donors (Lipinski definition) is 2. The van der Waals surface area contributed by atoms with Crippen LogP contribution >= 0.6 is 0 Å². The van der Waals surface area contributed by atoms with Crippen LogP contribution in [-0.2, 0) is 0 Å². The minimum absolute atomic E-state index is 0.573. The first-order valence-electron chi connectivity index (χ1n) is 5.91. The largest absolute Gasteiger partial charge is 0.319 e. The molecule has 1 fully saturated rings. The van der Waals surface area contributed by atoms with Crippen molar-refractivity contribution in [2.24, 2.45) is 11.3 Å². The molecule has 2 atom stereocenters. The maximum absolute atomic E-state index is 3.68. The Hall–Kier alpha value is -0.0800. The molecule has 2 unspecified atom stereocenters. The fourth-order valence-corrected chi connectivity index (χ4v) is 2.40. The second-order valence-corrected chi connectivity index (χ2v) is 5.68. The van der Waals surface area contributed by atoms with Crippen LogP contribution in [0, 0.1) is 11.3 Å². The summed E-state index contributed by atoms with van der Waals surface area (Å²) < 4.78 is 0. The smallest absolute Gasteiger partial charge is 0.00724 e. The van der Waals surface area contributed by atoms with Gasteiger partial charge in [0.1, 0.15) is 0 Å². The van der Waals surface area contributed by atoms with Gasteiger partial charge in [-0.25, -0.2) is 0 Å².